The van der Waals surface area contributed by atoms with Crippen LogP contribution in [0.15, 0.2) is 42.5 Å². The largest absolute Gasteiger partial charge is 0.345 e. The Hall–Kier alpha value is -3.22. The smallest absolute Gasteiger partial charge is 0.251 e. The fourth-order valence-corrected chi connectivity index (χ4v) is 2.49. The summed E-state index contributed by atoms with van der Waals surface area (Å²) in [4.78, 5) is 35.1. The van der Waals surface area contributed by atoms with Gasteiger partial charge in [0.25, 0.3) is 5.91 Å². The molecule has 0 aliphatic heterocycles. The highest BCUT2D eigenvalue weighted by Crippen LogP contribution is 2.21. The molecule has 2 rings (SSSR count). The normalized spacial score (nSPS) is 11.4. The van der Waals surface area contributed by atoms with Crippen LogP contribution < -0.4 is 16.0 Å². The van der Waals surface area contributed by atoms with Crippen molar-refractivity contribution >= 4 is 29.1 Å². The predicted molar refractivity (Wildman–Crippen MR) is 97.3 cm³/mol. The Kier molecular flexibility index (Phi) is 6.06. The van der Waals surface area contributed by atoms with Crippen LogP contribution in [0.25, 0.3) is 0 Å². The molecule has 0 saturated heterocycles. The van der Waals surface area contributed by atoms with Crippen molar-refractivity contribution < 1.29 is 18.8 Å². The van der Waals surface area contributed by atoms with Gasteiger partial charge in [-0.25, -0.2) is 4.39 Å². The van der Waals surface area contributed by atoms with Gasteiger partial charge in [0.2, 0.25) is 11.8 Å². The van der Waals surface area contributed by atoms with E-state index in [1.54, 1.807) is 31.2 Å². The van der Waals surface area contributed by atoms with Crippen molar-refractivity contribution in [2.45, 2.75) is 26.8 Å². The summed E-state index contributed by atoms with van der Waals surface area (Å²) in [6, 6.07) is 10.1. The lowest BCUT2D eigenvalue weighted by Crippen LogP contribution is -2.27. The van der Waals surface area contributed by atoms with Crippen molar-refractivity contribution in [3.05, 3.63) is 59.4 Å². The van der Waals surface area contributed by atoms with Crippen molar-refractivity contribution in [1.29, 1.82) is 0 Å². The molecule has 0 unspecified atom stereocenters. The van der Waals surface area contributed by atoms with Crippen LogP contribution in [-0.2, 0) is 9.59 Å². The fraction of sp³-hybridized carbons (Fsp3) is 0.211. The summed E-state index contributed by atoms with van der Waals surface area (Å²) in [6.07, 6.45) is 0. The standard InChI is InChI=1S/C19H20FN3O3/c1-11(17-6-4-5-7-18(17)20)21-19(26)14-8-15(22-12(2)24)10-16(9-14)23-13(3)25/h4-11H,1-3H3,(H,21,26)(H,22,24)(H,23,25)/t11-/m0/s1. The molecule has 3 N–H and O–H groups in total. The molecule has 1 atom stereocenters. The predicted octanol–water partition coefficient (Wildman–Crippen LogP) is 3.23. The summed E-state index contributed by atoms with van der Waals surface area (Å²) in [5, 5.41) is 7.87. The van der Waals surface area contributed by atoms with Gasteiger partial charge in [-0.3, -0.25) is 14.4 Å². The van der Waals surface area contributed by atoms with Crippen molar-refractivity contribution in [3.8, 4) is 0 Å². The van der Waals surface area contributed by atoms with Crippen LogP contribution in [0, 0.1) is 5.82 Å². The Morgan fingerprint density at radius 3 is 1.96 bits per heavy atom. The van der Waals surface area contributed by atoms with Gasteiger partial charge in [0.15, 0.2) is 0 Å². The molecule has 3 amide bonds. The van der Waals surface area contributed by atoms with E-state index in [0.29, 0.717) is 16.9 Å². The summed E-state index contributed by atoms with van der Waals surface area (Å²) in [6.45, 7) is 4.35. The molecule has 136 valence electrons. The summed E-state index contributed by atoms with van der Waals surface area (Å²) in [5.41, 5.74) is 1.32. The van der Waals surface area contributed by atoms with Crippen molar-refractivity contribution in [1.82, 2.24) is 5.32 Å². The van der Waals surface area contributed by atoms with E-state index in [2.05, 4.69) is 16.0 Å². The minimum absolute atomic E-state index is 0.225. The molecule has 2 aromatic rings. The van der Waals surface area contributed by atoms with E-state index in [1.165, 1.54) is 32.0 Å². The lowest BCUT2D eigenvalue weighted by Gasteiger charge is -2.16. The van der Waals surface area contributed by atoms with E-state index < -0.39 is 17.8 Å². The second-order valence-corrected chi connectivity index (χ2v) is 5.88. The number of hydrogen-bond acceptors (Lipinski definition) is 3. The molecule has 0 radical (unpaired) electrons. The molecule has 0 aromatic heterocycles. The first kappa shape index (κ1) is 19.1. The number of carbonyl (C=O) groups excluding carboxylic acids is 3. The fourth-order valence-electron chi connectivity index (χ4n) is 2.49. The highest BCUT2D eigenvalue weighted by Gasteiger charge is 2.16. The second-order valence-electron chi connectivity index (χ2n) is 5.88. The second kappa shape index (κ2) is 8.24. The highest BCUT2D eigenvalue weighted by atomic mass is 19.1. The van der Waals surface area contributed by atoms with E-state index in [0.717, 1.165) is 0 Å². The van der Waals surface area contributed by atoms with Gasteiger partial charge in [0, 0.05) is 36.3 Å². The van der Waals surface area contributed by atoms with Crippen LogP contribution in [0.2, 0.25) is 0 Å². The maximum absolute atomic E-state index is 13.9. The van der Waals surface area contributed by atoms with Crippen LogP contribution in [0.1, 0.15) is 42.7 Å². The summed E-state index contributed by atoms with van der Waals surface area (Å²) in [7, 11) is 0. The number of hydrogen-bond donors (Lipinski definition) is 3. The van der Waals surface area contributed by atoms with E-state index in [-0.39, 0.29) is 17.4 Å². The SMILES string of the molecule is CC(=O)Nc1cc(NC(C)=O)cc(C(=O)N[C@@H](C)c2ccccc2F)c1. The quantitative estimate of drug-likeness (QED) is 0.768. The molecule has 2 aromatic carbocycles. The molecular formula is C19H20FN3O3. The molecule has 0 saturated carbocycles. The van der Waals surface area contributed by atoms with Gasteiger partial charge < -0.3 is 16.0 Å². The number of benzene rings is 2. The monoisotopic (exact) mass is 357 g/mol. The Labute approximate surface area is 150 Å². The van der Waals surface area contributed by atoms with E-state index in [1.807, 2.05) is 0 Å². The number of rotatable bonds is 5. The molecule has 0 heterocycles. The zero-order valence-corrected chi connectivity index (χ0v) is 14.7. The number of anilines is 2. The van der Waals surface area contributed by atoms with Crippen LogP contribution >= 0.6 is 0 Å². The average molecular weight is 357 g/mol. The third-order valence-corrected chi connectivity index (χ3v) is 3.56. The Bertz CT molecular complexity index is 817. The number of nitrogens with one attached hydrogen (secondary N) is 3. The van der Waals surface area contributed by atoms with Crippen LogP contribution in [-0.4, -0.2) is 17.7 Å². The first-order chi connectivity index (χ1) is 12.3. The average Bonchev–Trinajstić information content (AvgIpc) is 2.53. The van der Waals surface area contributed by atoms with Gasteiger partial charge in [0.05, 0.1) is 6.04 Å². The minimum atomic E-state index is -0.558. The topological polar surface area (TPSA) is 87.3 Å². The highest BCUT2D eigenvalue weighted by molar-refractivity contribution is 6.00. The van der Waals surface area contributed by atoms with Crippen LogP contribution in [0.5, 0.6) is 0 Å². The number of amides is 3. The first-order valence-electron chi connectivity index (χ1n) is 8.02. The molecule has 7 heteroatoms. The van der Waals surface area contributed by atoms with Crippen molar-refractivity contribution in [2.75, 3.05) is 10.6 Å². The van der Waals surface area contributed by atoms with Gasteiger partial charge in [-0.15, -0.1) is 0 Å². The summed E-state index contributed by atoms with van der Waals surface area (Å²) < 4.78 is 13.9. The molecular weight excluding hydrogens is 337 g/mol. The third-order valence-electron chi connectivity index (χ3n) is 3.56. The zero-order valence-electron chi connectivity index (χ0n) is 14.7. The van der Waals surface area contributed by atoms with E-state index in [4.69, 9.17) is 0 Å². The molecule has 0 bridgehead atoms. The first-order valence-corrected chi connectivity index (χ1v) is 8.02. The Morgan fingerprint density at radius 2 is 1.46 bits per heavy atom. The minimum Gasteiger partial charge on any atom is -0.345 e. The maximum Gasteiger partial charge on any atom is 0.251 e. The van der Waals surface area contributed by atoms with Crippen molar-refractivity contribution in [2.24, 2.45) is 0 Å². The molecule has 26 heavy (non-hydrogen) atoms. The number of halogens is 1. The van der Waals surface area contributed by atoms with Gasteiger partial charge in [-0.1, -0.05) is 18.2 Å². The van der Waals surface area contributed by atoms with Crippen LogP contribution in [0.4, 0.5) is 15.8 Å². The lowest BCUT2D eigenvalue weighted by atomic mass is 10.1. The molecule has 0 aliphatic rings. The molecule has 0 aliphatic carbocycles. The lowest BCUT2D eigenvalue weighted by molar-refractivity contribution is -0.115. The summed E-state index contributed by atoms with van der Waals surface area (Å²) in [5.74, 6) is -1.49. The van der Waals surface area contributed by atoms with E-state index >= 15 is 0 Å². The van der Waals surface area contributed by atoms with E-state index in [9.17, 15) is 18.8 Å². The van der Waals surface area contributed by atoms with Gasteiger partial charge >= 0.3 is 0 Å². The maximum atomic E-state index is 13.9. The van der Waals surface area contributed by atoms with Crippen molar-refractivity contribution in [3.63, 3.8) is 0 Å². The van der Waals surface area contributed by atoms with Gasteiger partial charge in [-0.2, -0.15) is 0 Å². The number of carbonyl (C=O) groups is 3. The Balaban J connectivity index is 2.27. The van der Waals surface area contributed by atoms with Gasteiger partial charge in [0.1, 0.15) is 5.82 Å². The Morgan fingerprint density at radius 1 is 0.923 bits per heavy atom. The molecule has 0 spiro atoms. The third kappa shape index (κ3) is 5.14. The zero-order chi connectivity index (χ0) is 19.3. The molecule has 6 nitrogen and oxygen atoms in total. The summed E-state index contributed by atoms with van der Waals surface area (Å²) >= 11 is 0. The van der Waals surface area contributed by atoms with Gasteiger partial charge in [-0.05, 0) is 31.2 Å². The molecule has 0 fully saturated rings. The van der Waals surface area contributed by atoms with Crippen LogP contribution in [0.3, 0.4) is 0 Å².